The third-order valence-corrected chi connectivity index (χ3v) is 3.63. The fourth-order valence-corrected chi connectivity index (χ4v) is 2.33. The van der Waals surface area contributed by atoms with Crippen molar-refractivity contribution < 1.29 is 4.42 Å². The second kappa shape index (κ2) is 4.27. The summed E-state index contributed by atoms with van der Waals surface area (Å²) in [5.41, 5.74) is 2.61. The summed E-state index contributed by atoms with van der Waals surface area (Å²) in [6.07, 6.45) is 0. The van der Waals surface area contributed by atoms with Gasteiger partial charge >= 0.3 is 0 Å². The van der Waals surface area contributed by atoms with Gasteiger partial charge in [-0.25, -0.2) is 4.98 Å². The molecule has 3 rings (SSSR count). The molecule has 0 atom stereocenters. The third kappa shape index (κ3) is 2.03. The molecular formula is C13H7Br2NO. The Labute approximate surface area is 115 Å². The molecule has 0 bridgehead atoms. The molecule has 0 amide bonds. The van der Waals surface area contributed by atoms with Crippen LogP contribution in [0.3, 0.4) is 0 Å². The van der Waals surface area contributed by atoms with Crippen LogP contribution in [-0.2, 0) is 0 Å². The highest BCUT2D eigenvalue weighted by Crippen LogP contribution is 2.29. The van der Waals surface area contributed by atoms with Crippen molar-refractivity contribution in [3.63, 3.8) is 0 Å². The number of hydrogen-bond donors (Lipinski definition) is 0. The summed E-state index contributed by atoms with van der Waals surface area (Å²) in [4.78, 5) is 4.48. The van der Waals surface area contributed by atoms with Crippen LogP contribution in [0.4, 0.5) is 0 Å². The molecule has 0 saturated heterocycles. The number of fused-ring (bicyclic) bond motifs is 1. The standard InChI is InChI=1S/C13H7Br2NO/c14-9-6-4-8(5-7-9)13-16-12-10(15)2-1-3-11(12)17-13/h1-7H. The molecule has 2 nitrogen and oxygen atoms in total. The molecule has 4 heteroatoms. The number of para-hydroxylation sites is 1. The summed E-state index contributed by atoms with van der Waals surface area (Å²) in [6, 6.07) is 13.7. The van der Waals surface area contributed by atoms with Gasteiger partial charge in [0.15, 0.2) is 5.58 Å². The van der Waals surface area contributed by atoms with Crippen molar-refractivity contribution in [2.45, 2.75) is 0 Å². The maximum Gasteiger partial charge on any atom is 0.227 e. The van der Waals surface area contributed by atoms with Crippen molar-refractivity contribution in [2.75, 3.05) is 0 Å². The highest BCUT2D eigenvalue weighted by Gasteiger charge is 2.09. The van der Waals surface area contributed by atoms with E-state index in [1.165, 1.54) is 0 Å². The average molecular weight is 353 g/mol. The Kier molecular flexibility index (Phi) is 2.76. The van der Waals surface area contributed by atoms with Crippen LogP contribution in [0.15, 0.2) is 55.8 Å². The topological polar surface area (TPSA) is 26.0 Å². The van der Waals surface area contributed by atoms with Gasteiger partial charge in [-0.05, 0) is 52.3 Å². The molecule has 17 heavy (non-hydrogen) atoms. The molecule has 1 heterocycles. The molecule has 0 unspecified atom stereocenters. The summed E-state index contributed by atoms with van der Waals surface area (Å²) >= 11 is 6.87. The van der Waals surface area contributed by atoms with Gasteiger partial charge in [0.1, 0.15) is 5.52 Å². The SMILES string of the molecule is Brc1ccc(-c2nc3c(Br)cccc3o2)cc1. The minimum atomic E-state index is 0.638. The first-order valence-electron chi connectivity index (χ1n) is 5.05. The van der Waals surface area contributed by atoms with Crippen molar-refractivity contribution in [1.82, 2.24) is 4.98 Å². The highest BCUT2D eigenvalue weighted by atomic mass is 79.9. The molecule has 2 aromatic carbocycles. The number of halogens is 2. The average Bonchev–Trinajstić information content (AvgIpc) is 2.75. The quantitative estimate of drug-likeness (QED) is 0.614. The largest absolute Gasteiger partial charge is 0.436 e. The van der Waals surface area contributed by atoms with E-state index in [1.807, 2.05) is 42.5 Å². The first-order chi connectivity index (χ1) is 8.24. The number of benzene rings is 2. The first kappa shape index (κ1) is 11.0. The van der Waals surface area contributed by atoms with Gasteiger partial charge in [0.05, 0.1) is 0 Å². The Balaban J connectivity index is 2.18. The molecular weight excluding hydrogens is 346 g/mol. The summed E-state index contributed by atoms with van der Waals surface area (Å²) in [6.45, 7) is 0. The van der Waals surface area contributed by atoms with E-state index in [4.69, 9.17) is 4.42 Å². The van der Waals surface area contributed by atoms with Gasteiger partial charge in [0.2, 0.25) is 5.89 Å². The molecule has 0 aliphatic heterocycles. The van der Waals surface area contributed by atoms with Crippen LogP contribution in [0.25, 0.3) is 22.6 Å². The van der Waals surface area contributed by atoms with E-state index in [1.54, 1.807) is 0 Å². The fourth-order valence-electron chi connectivity index (χ4n) is 1.63. The lowest BCUT2D eigenvalue weighted by Crippen LogP contribution is -1.76. The number of nitrogens with zero attached hydrogens (tertiary/aromatic N) is 1. The van der Waals surface area contributed by atoms with Crippen LogP contribution in [0.1, 0.15) is 0 Å². The van der Waals surface area contributed by atoms with Crippen LogP contribution >= 0.6 is 31.9 Å². The molecule has 0 fully saturated rings. The van der Waals surface area contributed by atoms with Crippen molar-refractivity contribution in [3.05, 3.63) is 51.4 Å². The van der Waals surface area contributed by atoms with E-state index >= 15 is 0 Å². The first-order valence-corrected chi connectivity index (χ1v) is 6.63. The predicted octanol–water partition coefficient (Wildman–Crippen LogP) is 5.02. The zero-order valence-corrected chi connectivity index (χ0v) is 11.8. The van der Waals surface area contributed by atoms with E-state index < -0.39 is 0 Å². The van der Waals surface area contributed by atoms with Gasteiger partial charge in [0, 0.05) is 14.5 Å². The fraction of sp³-hybridized carbons (Fsp3) is 0. The third-order valence-electron chi connectivity index (χ3n) is 2.46. The molecule has 0 aliphatic carbocycles. The lowest BCUT2D eigenvalue weighted by molar-refractivity contribution is 0.620. The highest BCUT2D eigenvalue weighted by molar-refractivity contribution is 9.11. The van der Waals surface area contributed by atoms with Crippen LogP contribution in [-0.4, -0.2) is 4.98 Å². The minimum absolute atomic E-state index is 0.638. The van der Waals surface area contributed by atoms with Crippen LogP contribution in [0.2, 0.25) is 0 Å². The zero-order valence-electron chi connectivity index (χ0n) is 8.65. The van der Waals surface area contributed by atoms with Crippen molar-refractivity contribution in [2.24, 2.45) is 0 Å². The summed E-state index contributed by atoms with van der Waals surface area (Å²) in [5.74, 6) is 0.638. The normalized spacial score (nSPS) is 10.9. The molecule has 3 aromatic rings. The molecule has 0 spiro atoms. The van der Waals surface area contributed by atoms with Crippen LogP contribution < -0.4 is 0 Å². The van der Waals surface area contributed by atoms with Crippen LogP contribution in [0, 0.1) is 0 Å². The predicted molar refractivity (Wildman–Crippen MR) is 74.8 cm³/mol. The molecule has 84 valence electrons. The van der Waals surface area contributed by atoms with Crippen molar-refractivity contribution in [1.29, 1.82) is 0 Å². The number of oxazole rings is 1. The Morgan fingerprint density at radius 1 is 0.941 bits per heavy atom. The Morgan fingerprint density at radius 3 is 2.41 bits per heavy atom. The Morgan fingerprint density at radius 2 is 1.71 bits per heavy atom. The smallest absolute Gasteiger partial charge is 0.227 e. The lowest BCUT2D eigenvalue weighted by Gasteiger charge is -1.94. The van der Waals surface area contributed by atoms with E-state index in [9.17, 15) is 0 Å². The van der Waals surface area contributed by atoms with Gasteiger partial charge < -0.3 is 4.42 Å². The van der Waals surface area contributed by atoms with E-state index in [0.29, 0.717) is 5.89 Å². The van der Waals surface area contributed by atoms with Crippen molar-refractivity contribution >= 4 is 43.0 Å². The van der Waals surface area contributed by atoms with Gasteiger partial charge in [-0.1, -0.05) is 22.0 Å². The molecule has 0 aliphatic rings. The van der Waals surface area contributed by atoms with E-state index in [0.717, 1.165) is 25.6 Å². The van der Waals surface area contributed by atoms with Gasteiger partial charge in [-0.15, -0.1) is 0 Å². The number of hydrogen-bond acceptors (Lipinski definition) is 2. The van der Waals surface area contributed by atoms with Gasteiger partial charge in [-0.3, -0.25) is 0 Å². The zero-order chi connectivity index (χ0) is 11.8. The maximum atomic E-state index is 5.72. The van der Waals surface area contributed by atoms with Crippen molar-refractivity contribution in [3.8, 4) is 11.5 Å². The summed E-state index contributed by atoms with van der Waals surface area (Å²) < 4.78 is 7.71. The Bertz CT molecular complexity index is 673. The summed E-state index contributed by atoms with van der Waals surface area (Å²) in [5, 5.41) is 0. The van der Waals surface area contributed by atoms with Crippen LogP contribution in [0.5, 0.6) is 0 Å². The van der Waals surface area contributed by atoms with Gasteiger partial charge in [-0.2, -0.15) is 0 Å². The number of rotatable bonds is 1. The monoisotopic (exact) mass is 351 g/mol. The molecule has 0 saturated carbocycles. The molecule has 0 radical (unpaired) electrons. The lowest BCUT2D eigenvalue weighted by atomic mass is 10.2. The minimum Gasteiger partial charge on any atom is -0.436 e. The van der Waals surface area contributed by atoms with Gasteiger partial charge in [0.25, 0.3) is 0 Å². The second-order valence-electron chi connectivity index (χ2n) is 3.61. The molecule has 0 N–H and O–H groups in total. The maximum absolute atomic E-state index is 5.72. The summed E-state index contributed by atoms with van der Waals surface area (Å²) in [7, 11) is 0. The van der Waals surface area contributed by atoms with E-state index in [2.05, 4.69) is 36.8 Å². The second-order valence-corrected chi connectivity index (χ2v) is 5.38. The molecule has 1 aromatic heterocycles. The Hall–Kier alpha value is -1.13. The number of aromatic nitrogens is 1. The van der Waals surface area contributed by atoms with E-state index in [-0.39, 0.29) is 0 Å².